The average molecular weight is 430 g/mol. The number of thiophene rings is 1. The Balaban J connectivity index is 2.55. The smallest absolute Gasteiger partial charge is 0.383 e. The number of aryl methyl sites for hydroxylation is 1. The van der Waals surface area contributed by atoms with Crippen molar-refractivity contribution in [3.8, 4) is 0 Å². The molecule has 1 N–H and O–H groups in total. The number of hydrogen-bond donors (Lipinski definition) is 1. The molecule has 0 saturated heterocycles. The molecule has 20 heavy (non-hydrogen) atoms. The topological polar surface area (TPSA) is 20.2 Å². The fourth-order valence-corrected chi connectivity index (χ4v) is 4.08. The number of halogens is 5. The van der Waals surface area contributed by atoms with Crippen LogP contribution in [0.3, 0.4) is 0 Å². The predicted molar refractivity (Wildman–Crippen MR) is 80.0 cm³/mol. The van der Waals surface area contributed by atoms with Crippen molar-refractivity contribution in [2.75, 3.05) is 0 Å². The first kappa shape index (κ1) is 16.0. The zero-order valence-electron chi connectivity index (χ0n) is 10.1. The highest BCUT2D eigenvalue weighted by Crippen LogP contribution is 2.41. The van der Waals surface area contributed by atoms with Crippen molar-refractivity contribution in [3.05, 3.63) is 54.1 Å². The van der Waals surface area contributed by atoms with Crippen LogP contribution in [-0.4, -0.2) is 5.11 Å². The Bertz CT molecular complexity index is 637. The van der Waals surface area contributed by atoms with E-state index in [0.717, 1.165) is 10.9 Å². The summed E-state index contributed by atoms with van der Waals surface area (Å²) in [6.45, 7) is 1.83. The van der Waals surface area contributed by atoms with E-state index in [2.05, 4.69) is 31.9 Å². The highest BCUT2D eigenvalue weighted by Gasteiger charge is 2.36. The van der Waals surface area contributed by atoms with E-state index in [1.165, 1.54) is 23.5 Å². The third kappa shape index (κ3) is 3.27. The quantitative estimate of drug-likeness (QED) is 0.650. The van der Waals surface area contributed by atoms with Crippen molar-refractivity contribution in [1.29, 1.82) is 0 Å². The Morgan fingerprint density at radius 1 is 1.20 bits per heavy atom. The monoisotopic (exact) mass is 428 g/mol. The van der Waals surface area contributed by atoms with E-state index in [9.17, 15) is 18.3 Å². The SMILES string of the molecule is Cc1cc(Br)c(C(O)c2ccc(Br)cc2C(F)(F)F)s1. The van der Waals surface area contributed by atoms with Gasteiger partial charge in [-0.25, -0.2) is 0 Å². The van der Waals surface area contributed by atoms with Gasteiger partial charge in [-0.3, -0.25) is 0 Å². The van der Waals surface area contributed by atoms with Gasteiger partial charge < -0.3 is 5.11 Å². The van der Waals surface area contributed by atoms with Gasteiger partial charge in [0.1, 0.15) is 6.10 Å². The van der Waals surface area contributed by atoms with E-state index in [1.54, 1.807) is 6.07 Å². The van der Waals surface area contributed by atoms with Crippen molar-refractivity contribution in [2.24, 2.45) is 0 Å². The number of benzene rings is 1. The second kappa shape index (κ2) is 5.79. The van der Waals surface area contributed by atoms with Gasteiger partial charge in [0.15, 0.2) is 0 Å². The van der Waals surface area contributed by atoms with E-state index < -0.39 is 17.8 Å². The lowest BCUT2D eigenvalue weighted by Crippen LogP contribution is -2.12. The summed E-state index contributed by atoms with van der Waals surface area (Å²) in [6.07, 6.45) is -5.83. The summed E-state index contributed by atoms with van der Waals surface area (Å²) in [4.78, 5) is 1.38. The predicted octanol–water partition coefficient (Wildman–Crippen LogP) is 5.68. The second-order valence-corrected chi connectivity index (χ2v) is 7.26. The van der Waals surface area contributed by atoms with Gasteiger partial charge >= 0.3 is 6.18 Å². The molecule has 2 aromatic rings. The fraction of sp³-hybridized carbons (Fsp3) is 0.231. The summed E-state index contributed by atoms with van der Waals surface area (Å²) in [5.41, 5.74) is -0.986. The second-order valence-electron chi connectivity index (χ2n) is 4.20. The van der Waals surface area contributed by atoms with Crippen LogP contribution in [0.25, 0.3) is 0 Å². The molecule has 0 aliphatic rings. The maximum absolute atomic E-state index is 13.1. The third-order valence-electron chi connectivity index (χ3n) is 2.70. The summed E-state index contributed by atoms with van der Waals surface area (Å²) in [6, 6.07) is 5.53. The van der Waals surface area contributed by atoms with E-state index in [1.807, 2.05) is 6.92 Å². The fourth-order valence-electron chi connectivity index (χ4n) is 1.84. The van der Waals surface area contributed by atoms with E-state index >= 15 is 0 Å². The molecule has 0 fully saturated rings. The summed E-state index contributed by atoms with van der Waals surface area (Å²) in [5, 5.41) is 10.3. The first-order valence-electron chi connectivity index (χ1n) is 5.50. The Hall–Kier alpha value is -0.370. The van der Waals surface area contributed by atoms with Crippen LogP contribution in [0.1, 0.15) is 27.0 Å². The van der Waals surface area contributed by atoms with Gasteiger partial charge in [-0.05, 0) is 46.6 Å². The van der Waals surface area contributed by atoms with Gasteiger partial charge in [0, 0.05) is 13.8 Å². The molecule has 0 spiro atoms. The van der Waals surface area contributed by atoms with Crippen molar-refractivity contribution in [1.82, 2.24) is 0 Å². The molecule has 1 heterocycles. The van der Waals surface area contributed by atoms with Gasteiger partial charge in [0.05, 0.1) is 10.4 Å². The van der Waals surface area contributed by atoms with Gasteiger partial charge in [-0.15, -0.1) is 11.3 Å². The van der Waals surface area contributed by atoms with Crippen LogP contribution in [0, 0.1) is 6.92 Å². The molecule has 0 radical (unpaired) electrons. The third-order valence-corrected chi connectivity index (χ3v) is 5.21. The lowest BCUT2D eigenvalue weighted by molar-refractivity contribution is -0.139. The summed E-state index contributed by atoms with van der Waals surface area (Å²) >= 11 is 7.55. The highest BCUT2D eigenvalue weighted by atomic mass is 79.9. The molecule has 0 aliphatic heterocycles. The van der Waals surface area contributed by atoms with E-state index in [-0.39, 0.29) is 5.56 Å². The first-order chi connectivity index (χ1) is 9.20. The Morgan fingerprint density at radius 2 is 1.85 bits per heavy atom. The van der Waals surface area contributed by atoms with Crippen LogP contribution in [-0.2, 0) is 6.18 Å². The Labute approximate surface area is 134 Å². The maximum atomic E-state index is 13.1. The van der Waals surface area contributed by atoms with Gasteiger partial charge in [0.2, 0.25) is 0 Å². The summed E-state index contributed by atoms with van der Waals surface area (Å²) < 4.78 is 40.1. The summed E-state index contributed by atoms with van der Waals surface area (Å²) in [7, 11) is 0. The number of aliphatic hydroxyl groups is 1. The minimum absolute atomic E-state index is 0.150. The van der Waals surface area contributed by atoms with Crippen LogP contribution in [0.15, 0.2) is 33.2 Å². The lowest BCUT2D eigenvalue weighted by Gasteiger charge is -2.17. The van der Waals surface area contributed by atoms with Crippen LogP contribution >= 0.6 is 43.2 Å². The molecular weight excluding hydrogens is 421 g/mol. The minimum atomic E-state index is -4.52. The molecule has 1 atom stereocenters. The molecule has 0 bridgehead atoms. The normalized spacial score (nSPS) is 13.6. The Kier molecular flexibility index (Phi) is 4.63. The minimum Gasteiger partial charge on any atom is -0.383 e. The zero-order chi connectivity index (χ0) is 15.1. The Morgan fingerprint density at radius 3 is 2.35 bits per heavy atom. The van der Waals surface area contributed by atoms with E-state index in [4.69, 9.17) is 0 Å². The van der Waals surface area contributed by atoms with Crippen LogP contribution in [0.4, 0.5) is 13.2 Å². The van der Waals surface area contributed by atoms with E-state index in [0.29, 0.717) is 13.8 Å². The standard InChI is InChI=1S/C13H9Br2F3OS/c1-6-4-10(15)12(20-6)11(19)8-3-2-7(14)5-9(8)13(16,17)18/h2-5,11,19H,1H3. The van der Waals surface area contributed by atoms with Crippen LogP contribution in [0.5, 0.6) is 0 Å². The number of hydrogen-bond acceptors (Lipinski definition) is 2. The molecule has 1 nitrogen and oxygen atoms in total. The molecule has 0 amide bonds. The number of aliphatic hydroxyl groups excluding tert-OH is 1. The molecule has 108 valence electrons. The molecule has 0 saturated carbocycles. The van der Waals surface area contributed by atoms with Crippen molar-refractivity contribution in [3.63, 3.8) is 0 Å². The first-order valence-corrected chi connectivity index (χ1v) is 7.91. The lowest BCUT2D eigenvalue weighted by atomic mass is 10.0. The molecule has 7 heteroatoms. The van der Waals surface area contributed by atoms with Crippen molar-refractivity contribution < 1.29 is 18.3 Å². The van der Waals surface area contributed by atoms with Crippen LogP contribution in [0.2, 0.25) is 0 Å². The van der Waals surface area contributed by atoms with Gasteiger partial charge in [0.25, 0.3) is 0 Å². The number of rotatable bonds is 2. The van der Waals surface area contributed by atoms with Gasteiger partial charge in [-0.1, -0.05) is 22.0 Å². The molecule has 0 aliphatic carbocycles. The molecular formula is C13H9Br2F3OS. The average Bonchev–Trinajstić information content (AvgIpc) is 2.66. The highest BCUT2D eigenvalue weighted by molar-refractivity contribution is 9.10. The largest absolute Gasteiger partial charge is 0.416 e. The van der Waals surface area contributed by atoms with Crippen molar-refractivity contribution in [2.45, 2.75) is 19.2 Å². The van der Waals surface area contributed by atoms with Gasteiger partial charge in [-0.2, -0.15) is 13.2 Å². The maximum Gasteiger partial charge on any atom is 0.416 e. The van der Waals surface area contributed by atoms with Crippen molar-refractivity contribution >= 4 is 43.2 Å². The molecule has 1 aromatic carbocycles. The number of alkyl halides is 3. The molecule has 1 unspecified atom stereocenters. The van der Waals surface area contributed by atoms with Crippen LogP contribution < -0.4 is 0 Å². The summed E-state index contributed by atoms with van der Waals surface area (Å²) in [5.74, 6) is 0. The molecule has 2 rings (SSSR count). The molecule has 1 aromatic heterocycles. The zero-order valence-corrected chi connectivity index (χ0v) is 14.1.